The van der Waals surface area contributed by atoms with Gasteiger partial charge in [0.2, 0.25) is 0 Å². The first-order valence-corrected chi connectivity index (χ1v) is 7.20. The molecule has 3 rings (SSSR count). The van der Waals surface area contributed by atoms with Crippen molar-refractivity contribution >= 4 is 28.9 Å². The van der Waals surface area contributed by atoms with E-state index < -0.39 is 0 Å². The first-order valence-electron chi connectivity index (χ1n) is 6.44. The van der Waals surface area contributed by atoms with E-state index in [1.54, 1.807) is 12.3 Å². The number of hydrogen-bond acceptors (Lipinski definition) is 2. The van der Waals surface area contributed by atoms with Crippen LogP contribution in [0.3, 0.4) is 0 Å². The Morgan fingerprint density at radius 2 is 1.95 bits per heavy atom. The summed E-state index contributed by atoms with van der Waals surface area (Å²) in [6.07, 6.45) is 3.68. The quantitative estimate of drug-likeness (QED) is 0.723. The third-order valence-electron chi connectivity index (χ3n) is 3.19. The van der Waals surface area contributed by atoms with Crippen molar-refractivity contribution in [1.82, 2.24) is 9.55 Å². The number of halogens is 2. The number of aromatic nitrogens is 2. The molecule has 0 aliphatic carbocycles. The highest BCUT2D eigenvalue weighted by Gasteiger charge is 2.10. The molecule has 1 heterocycles. The largest absolute Gasteiger partial charge is 0.399 e. The van der Waals surface area contributed by atoms with Crippen LogP contribution in [0.25, 0.3) is 11.4 Å². The van der Waals surface area contributed by atoms with E-state index in [1.165, 1.54) is 0 Å². The molecular formula is C16H13Cl2N3. The van der Waals surface area contributed by atoms with Gasteiger partial charge in [0.25, 0.3) is 0 Å². The lowest BCUT2D eigenvalue weighted by molar-refractivity contribution is 0.807. The molecule has 0 fully saturated rings. The summed E-state index contributed by atoms with van der Waals surface area (Å²) in [6, 6.07) is 13.2. The average Bonchev–Trinajstić information content (AvgIpc) is 2.87. The van der Waals surface area contributed by atoms with Gasteiger partial charge in [-0.2, -0.15) is 0 Å². The smallest absolute Gasteiger partial charge is 0.141 e. The molecule has 2 N–H and O–H groups in total. The van der Waals surface area contributed by atoms with Crippen LogP contribution in [-0.2, 0) is 6.54 Å². The van der Waals surface area contributed by atoms with Gasteiger partial charge in [0.15, 0.2) is 0 Å². The van der Waals surface area contributed by atoms with Crippen LogP contribution >= 0.6 is 23.2 Å². The maximum Gasteiger partial charge on any atom is 0.141 e. The van der Waals surface area contributed by atoms with E-state index in [0.29, 0.717) is 16.6 Å². The predicted molar refractivity (Wildman–Crippen MR) is 87.6 cm³/mol. The summed E-state index contributed by atoms with van der Waals surface area (Å²) in [7, 11) is 0. The molecule has 0 aliphatic rings. The van der Waals surface area contributed by atoms with Gasteiger partial charge >= 0.3 is 0 Å². The average molecular weight is 318 g/mol. The van der Waals surface area contributed by atoms with Crippen LogP contribution in [0.4, 0.5) is 5.69 Å². The van der Waals surface area contributed by atoms with Crippen LogP contribution in [0.15, 0.2) is 54.9 Å². The molecule has 0 atom stereocenters. The van der Waals surface area contributed by atoms with E-state index in [1.807, 2.05) is 47.2 Å². The van der Waals surface area contributed by atoms with Gasteiger partial charge in [-0.1, -0.05) is 35.3 Å². The van der Waals surface area contributed by atoms with E-state index in [-0.39, 0.29) is 0 Å². The number of nitrogens with zero attached hydrogens (tertiary/aromatic N) is 2. The molecule has 0 unspecified atom stereocenters. The molecular weight excluding hydrogens is 305 g/mol. The fourth-order valence-corrected chi connectivity index (χ4v) is 2.73. The first-order chi connectivity index (χ1) is 10.1. The second-order valence-electron chi connectivity index (χ2n) is 4.75. The van der Waals surface area contributed by atoms with Crippen molar-refractivity contribution in [3.8, 4) is 11.4 Å². The summed E-state index contributed by atoms with van der Waals surface area (Å²) in [4.78, 5) is 4.40. The molecule has 2 aromatic carbocycles. The highest BCUT2D eigenvalue weighted by molar-refractivity contribution is 6.36. The van der Waals surface area contributed by atoms with Crippen LogP contribution < -0.4 is 5.73 Å². The minimum atomic E-state index is 0.586. The number of rotatable bonds is 3. The standard InChI is InChI=1S/C16H13Cl2N3/c17-12-4-5-14(15(18)9-12)16-20-6-7-21(16)10-11-2-1-3-13(19)8-11/h1-9H,10,19H2. The second-order valence-corrected chi connectivity index (χ2v) is 5.59. The Hall–Kier alpha value is -1.97. The Labute approximate surface area is 132 Å². The van der Waals surface area contributed by atoms with Crippen molar-refractivity contribution in [2.75, 3.05) is 5.73 Å². The van der Waals surface area contributed by atoms with Crippen molar-refractivity contribution in [3.63, 3.8) is 0 Å². The number of hydrogen-bond donors (Lipinski definition) is 1. The summed E-state index contributed by atoms with van der Waals surface area (Å²) >= 11 is 12.2. The number of benzene rings is 2. The third-order valence-corrected chi connectivity index (χ3v) is 3.74. The van der Waals surface area contributed by atoms with Gasteiger partial charge in [0.1, 0.15) is 5.82 Å². The van der Waals surface area contributed by atoms with Crippen LogP contribution in [0, 0.1) is 0 Å². The van der Waals surface area contributed by atoms with E-state index in [9.17, 15) is 0 Å². The highest BCUT2D eigenvalue weighted by Crippen LogP contribution is 2.29. The number of anilines is 1. The molecule has 0 saturated carbocycles. The Morgan fingerprint density at radius 1 is 1.10 bits per heavy atom. The predicted octanol–water partition coefficient (Wildman–Crippen LogP) is 4.49. The molecule has 5 heteroatoms. The van der Waals surface area contributed by atoms with Gasteiger partial charge in [-0.15, -0.1) is 0 Å². The summed E-state index contributed by atoms with van der Waals surface area (Å²) in [5.41, 5.74) is 8.53. The van der Waals surface area contributed by atoms with Crippen molar-refractivity contribution in [2.45, 2.75) is 6.54 Å². The summed E-state index contributed by atoms with van der Waals surface area (Å²) in [5.74, 6) is 0.805. The lowest BCUT2D eigenvalue weighted by Gasteiger charge is -2.10. The Morgan fingerprint density at radius 3 is 2.71 bits per heavy atom. The normalized spacial score (nSPS) is 10.8. The SMILES string of the molecule is Nc1cccc(Cn2ccnc2-c2ccc(Cl)cc2Cl)c1. The molecule has 21 heavy (non-hydrogen) atoms. The van der Waals surface area contributed by atoms with Crippen LogP contribution in [-0.4, -0.2) is 9.55 Å². The molecule has 3 nitrogen and oxygen atoms in total. The Bertz CT molecular complexity index is 781. The van der Waals surface area contributed by atoms with Gasteiger partial charge in [-0.05, 0) is 35.9 Å². The maximum absolute atomic E-state index is 6.26. The van der Waals surface area contributed by atoms with E-state index in [0.717, 1.165) is 22.6 Å². The fourth-order valence-electron chi connectivity index (χ4n) is 2.24. The van der Waals surface area contributed by atoms with Crippen molar-refractivity contribution in [3.05, 3.63) is 70.5 Å². The molecule has 0 bridgehead atoms. The minimum Gasteiger partial charge on any atom is -0.399 e. The van der Waals surface area contributed by atoms with E-state index in [2.05, 4.69) is 4.98 Å². The monoisotopic (exact) mass is 317 g/mol. The minimum absolute atomic E-state index is 0.586. The van der Waals surface area contributed by atoms with Gasteiger partial charge in [0, 0.05) is 35.2 Å². The summed E-state index contributed by atoms with van der Waals surface area (Å²) in [5, 5.41) is 1.19. The lowest BCUT2D eigenvalue weighted by Crippen LogP contribution is -2.02. The molecule has 0 spiro atoms. The fraction of sp³-hybridized carbons (Fsp3) is 0.0625. The molecule has 0 aliphatic heterocycles. The highest BCUT2D eigenvalue weighted by atomic mass is 35.5. The number of nitrogens with two attached hydrogens (primary N) is 1. The topological polar surface area (TPSA) is 43.8 Å². The Kier molecular flexibility index (Phi) is 3.86. The number of imidazole rings is 1. The lowest BCUT2D eigenvalue weighted by atomic mass is 10.2. The second kappa shape index (κ2) is 5.80. The van der Waals surface area contributed by atoms with E-state index >= 15 is 0 Å². The van der Waals surface area contributed by atoms with Crippen LogP contribution in [0.2, 0.25) is 10.0 Å². The molecule has 0 amide bonds. The maximum atomic E-state index is 6.26. The van der Waals surface area contributed by atoms with Crippen molar-refractivity contribution in [2.24, 2.45) is 0 Å². The van der Waals surface area contributed by atoms with Gasteiger partial charge in [0.05, 0.1) is 5.02 Å². The first kappa shape index (κ1) is 14.0. The summed E-state index contributed by atoms with van der Waals surface area (Å²) < 4.78 is 2.03. The molecule has 0 saturated heterocycles. The molecule has 1 aromatic heterocycles. The van der Waals surface area contributed by atoms with Gasteiger partial charge < -0.3 is 10.3 Å². The van der Waals surface area contributed by atoms with Crippen LogP contribution in [0.5, 0.6) is 0 Å². The van der Waals surface area contributed by atoms with Crippen molar-refractivity contribution < 1.29 is 0 Å². The molecule has 3 aromatic rings. The molecule has 106 valence electrons. The zero-order chi connectivity index (χ0) is 14.8. The zero-order valence-electron chi connectivity index (χ0n) is 11.1. The number of nitrogen functional groups attached to an aromatic ring is 1. The Balaban J connectivity index is 1.97. The zero-order valence-corrected chi connectivity index (χ0v) is 12.6. The van der Waals surface area contributed by atoms with Crippen molar-refractivity contribution in [1.29, 1.82) is 0 Å². The third kappa shape index (κ3) is 3.04. The summed E-state index contributed by atoms with van der Waals surface area (Å²) in [6.45, 7) is 0.680. The van der Waals surface area contributed by atoms with Gasteiger partial charge in [-0.25, -0.2) is 4.98 Å². The van der Waals surface area contributed by atoms with Crippen LogP contribution in [0.1, 0.15) is 5.56 Å². The van der Waals surface area contributed by atoms with E-state index in [4.69, 9.17) is 28.9 Å². The molecule has 0 radical (unpaired) electrons. The van der Waals surface area contributed by atoms with Gasteiger partial charge in [-0.3, -0.25) is 0 Å².